The predicted octanol–water partition coefficient (Wildman–Crippen LogP) is 3.79. The summed E-state index contributed by atoms with van der Waals surface area (Å²) in [5.74, 6) is 0.832. The number of nitrogens with zero attached hydrogens (tertiary/aromatic N) is 3. The van der Waals surface area contributed by atoms with E-state index in [4.69, 9.17) is 0 Å². The number of para-hydroxylation sites is 2. The van der Waals surface area contributed by atoms with Crippen LogP contribution >= 0.6 is 0 Å². The number of aromatic nitrogens is 2. The number of rotatable bonds is 3. The van der Waals surface area contributed by atoms with Crippen molar-refractivity contribution >= 4 is 22.8 Å². The normalized spacial score (nSPS) is 17.4. The highest BCUT2D eigenvalue weighted by molar-refractivity contribution is 5.89. The van der Waals surface area contributed by atoms with E-state index in [1.807, 2.05) is 53.4 Å². The molecule has 0 saturated carbocycles. The van der Waals surface area contributed by atoms with Crippen molar-refractivity contribution in [2.75, 3.05) is 32.5 Å². The lowest BCUT2D eigenvalue weighted by molar-refractivity contribution is 0.148. The van der Waals surface area contributed by atoms with Crippen LogP contribution in [-0.4, -0.2) is 59.0 Å². The van der Waals surface area contributed by atoms with E-state index in [-0.39, 0.29) is 6.03 Å². The number of fused-ring (bicyclic) bond motifs is 1. The lowest BCUT2D eigenvalue weighted by Crippen LogP contribution is -2.48. The Hall–Kier alpha value is -2.86. The Bertz CT molecular complexity index is 898. The van der Waals surface area contributed by atoms with Crippen molar-refractivity contribution in [3.63, 3.8) is 0 Å². The molecular weight excluding hydrogens is 338 g/mol. The van der Waals surface area contributed by atoms with E-state index in [1.165, 1.54) is 0 Å². The largest absolute Gasteiger partial charge is 0.338 e. The smallest absolute Gasteiger partial charge is 0.321 e. The van der Waals surface area contributed by atoms with E-state index < -0.39 is 0 Å². The van der Waals surface area contributed by atoms with Crippen molar-refractivity contribution in [2.24, 2.45) is 0 Å². The fraction of sp³-hybridized carbons (Fsp3) is 0.333. The zero-order valence-electron chi connectivity index (χ0n) is 15.8. The van der Waals surface area contributed by atoms with Gasteiger partial charge in [-0.3, -0.25) is 0 Å². The van der Waals surface area contributed by atoms with Gasteiger partial charge in [0.25, 0.3) is 0 Å². The summed E-state index contributed by atoms with van der Waals surface area (Å²) in [4.78, 5) is 24.6. The fourth-order valence-electron chi connectivity index (χ4n) is 3.56. The maximum atomic E-state index is 12.6. The van der Waals surface area contributed by atoms with Crippen LogP contribution in [0, 0.1) is 0 Å². The van der Waals surface area contributed by atoms with E-state index in [0.29, 0.717) is 6.04 Å². The lowest BCUT2D eigenvalue weighted by Gasteiger charge is -2.36. The summed E-state index contributed by atoms with van der Waals surface area (Å²) in [5.41, 5.74) is 3.76. The van der Waals surface area contributed by atoms with E-state index in [9.17, 15) is 4.79 Å². The zero-order valence-corrected chi connectivity index (χ0v) is 15.8. The van der Waals surface area contributed by atoms with Gasteiger partial charge >= 0.3 is 6.03 Å². The van der Waals surface area contributed by atoms with Crippen LogP contribution < -0.4 is 5.32 Å². The first-order chi connectivity index (χ1) is 13.1. The lowest BCUT2D eigenvalue weighted by atomic mass is 10.1. The molecule has 2 aromatic carbocycles. The van der Waals surface area contributed by atoms with Crippen LogP contribution in [0.5, 0.6) is 0 Å². The second-order valence-electron chi connectivity index (χ2n) is 7.32. The number of carbonyl (C=O) groups is 1. The topological polar surface area (TPSA) is 64.3 Å². The zero-order chi connectivity index (χ0) is 18.8. The fourth-order valence-corrected chi connectivity index (χ4v) is 3.56. The molecule has 1 aromatic heterocycles. The molecule has 6 nitrogen and oxygen atoms in total. The number of urea groups is 1. The highest BCUT2D eigenvalue weighted by Crippen LogP contribution is 2.22. The van der Waals surface area contributed by atoms with Gasteiger partial charge < -0.3 is 20.1 Å². The Morgan fingerprint density at radius 2 is 1.96 bits per heavy atom. The van der Waals surface area contributed by atoms with Gasteiger partial charge in [0.05, 0.1) is 11.0 Å². The molecule has 1 atom stereocenters. The van der Waals surface area contributed by atoms with Gasteiger partial charge in [-0.25, -0.2) is 9.78 Å². The van der Waals surface area contributed by atoms with E-state index >= 15 is 0 Å². The van der Waals surface area contributed by atoms with Crippen molar-refractivity contribution < 1.29 is 4.79 Å². The Balaban J connectivity index is 1.43. The first kappa shape index (κ1) is 17.5. The molecule has 140 valence electrons. The average Bonchev–Trinajstić information content (AvgIpc) is 3.13. The van der Waals surface area contributed by atoms with E-state index in [1.54, 1.807) is 0 Å². The highest BCUT2D eigenvalue weighted by Gasteiger charge is 2.24. The standard InChI is InChI=1S/C21H25N5O/c1-25(2)17-6-5-13-26(14-17)21(27)22-16-11-9-15(10-12-16)20-23-18-7-3-4-8-19(18)24-20/h3-4,7-12,17H,5-6,13-14H2,1-2H3,(H,22,27)(H,23,24)/t17-/m1/s1. The van der Waals surface area contributed by atoms with Crippen LogP contribution in [0.15, 0.2) is 48.5 Å². The predicted molar refractivity (Wildman–Crippen MR) is 109 cm³/mol. The number of imidazole rings is 1. The molecule has 0 radical (unpaired) electrons. The average molecular weight is 363 g/mol. The van der Waals surface area contributed by atoms with Crippen molar-refractivity contribution in [3.8, 4) is 11.4 Å². The molecular formula is C21H25N5O. The molecule has 6 heteroatoms. The monoisotopic (exact) mass is 363 g/mol. The van der Waals surface area contributed by atoms with Gasteiger partial charge in [-0.15, -0.1) is 0 Å². The summed E-state index contributed by atoms with van der Waals surface area (Å²) in [7, 11) is 4.14. The van der Waals surface area contributed by atoms with Crippen molar-refractivity contribution in [2.45, 2.75) is 18.9 Å². The number of H-pyrrole nitrogens is 1. The van der Waals surface area contributed by atoms with Gasteiger partial charge in [-0.05, 0) is 63.3 Å². The minimum absolute atomic E-state index is 0.0296. The number of likely N-dealkylation sites (N-methyl/N-ethyl adjacent to an activating group) is 1. The van der Waals surface area contributed by atoms with Gasteiger partial charge in [0.15, 0.2) is 0 Å². The van der Waals surface area contributed by atoms with Crippen LogP contribution in [0.4, 0.5) is 10.5 Å². The maximum Gasteiger partial charge on any atom is 0.321 e. The Kier molecular flexibility index (Phi) is 4.81. The van der Waals surface area contributed by atoms with Crippen LogP contribution in [0.2, 0.25) is 0 Å². The Morgan fingerprint density at radius 3 is 2.70 bits per heavy atom. The summed E-state index contributed by atoms with van der Waals surface area (Å²) in [6.45, 7) is 1.59. The highest BCUT2D eigenvalue weighted by atomic mass is 16.2. The van der Waals surface area contributed by atoms with Gasteiger partial charge in [0.2, 0.25) is 0 Å². The number of benzene rings is 2. The molecule has 1 aliphatic rings. The number of hydrogen-bond donors (Lipinski definition) is 2. The van der Waals surface area contributed by atoms with Crippen LogP contribution in [0.3, 0.4) is 0 Å². The number of carbonyl (C=O) groups excluding carboxylic acids is 1. The summed E-state index contributed by atoms with van der Waals surface area (Å²) >= 11 is 0. The van der Waals surface area contributed by atoms with E-state index in [2.05, 4.69) is 34.3 Å². The second-order valence-corrected chi connectivity index (χ2v) is 7.32. The molecule has 2 amide bonds. The van der Waals surface area contributed by atoms with Crippen molar-refractivity contribution in [3.05, 3.63) is 48.5 Å². The number of amides is 2. The van der Waals surface area contributed by atoms with Crippen LogP contribution in [-0.2, 0) is 0 Å². The third kappa shape index (κ3) is 3.80. The molecule has 0 bridgehead atoms. The number of hydrogen-bond acceptors (Lipinski definition) is 3. The third-order valence-electron chi connectivity index (χ3n) is 5.21. The molecule has 0 unspecified atom stereocenters. The molecule has 0 spiro atoms. The summed E-state index contributed by atoms with van der Waals surface area (Å²) < 4.78 is 0. The molecule has 2 heterocycles. The molecule has 3 aromatic rings. The number of aromatic amines is 1. The van der Waals surface area contributed by atoms with Crippen molar-refractivity contribution in [1.82, 2.24) is 19.8 Å². The van der Waals surface area contributed by atoms with Crippen LogP contribution in [0.1, 0.15) is 12.8 Å². The summed E-state index contributed by atoms with van der Waals surface area (Å²) in [6, 6.07) is 16.2. The Morgan fingerprint density at radius 1 is 1.19 bits per heavy atom. The quantitative estimate of drug-likeness (QED) is 0.744. The summed E-state index contributed by atoms with van der Waals surface area (Å²) in [5, 5.41) is 3.01. The number of nitrogens with one attached hydrogen (secondary N) is 2. The molecule has 27 heavy (non-hydrogen) atoms. The number of piperidine rings is 1. The second kappa shape index (κ2) is 7.40. The number of likely N-dealkylation sites (tertiary alicyclic amines) is 1. The molecule has 1 aliphatic heterocycles. The third-order valence-corrected chi connectivity index (χ3v) is 5.21. The van der Waals surface area contributed by atoms with Crippen LogP contribution in [0.25, 0.3) is 22.4 Å². The Labute approximate surface area is 159 Å². The first-order valence-corrected chi connectivity index (χ1v) is 9.38. The molecule has 1 fully saturated rings. The first-order valence-electron chi connectivity index (χ1n) is 9.38. The minimum atomic E-state index is -0.0296. The van der Waals surface area contributed by atoms with Gasteiger partial charge in [0.1, 0.15) is 5.82 Å². The molecule has 4 rings (SSSR count). The van der Waals surface area contributed by atoms with Gasteiger partial charge in [-0.1, -0.05) is 12.1 Å². The number of anilines is 1. The van der Waals surface area contributed by atoms with E-state index in [0.717, 1.165) is 54.0 Å². The minimum Gasteiger partial charge on any atom is -0.338 e. The van der Waals surface area contributed by atoms with Crippen molar-refractivity contribution in [1.29, 1.82) is 0 Å². The maximum absolute atomic E-state index is 12.6. The SMILES string of the molecule is CN(C)[C@@H]1CCCN(C(=O)Nc2ccc(-c3nc4ccccc4[nH]3)cc2)C1. The molecule has 1 saturated heterocycles. The van der Waals surface area contributed by atoms with Gasteiger partial charge in [-0.2, -0.15) is 0 Å². The molecule has 0 aliphatic carbocycles. The summed E-state index contributed by atoms with van der Waals surface area (Å²) in [6.07, 6.45) is 2.18. The molecule has 2 N–H and O–H groups in total. The van der Waals surface area contributed by atoms with Gasteiger partial charge in [0, 0.05) is 30.4 Å².